The van der Waals surface area contributed by atoms with Crippen molar-refractivity contribution in [1.82, 2.24) is 0 Å². The molecule has 6 nitrogen and oxygen atoms in total. The van der Waals surface area contributed by atoms with Gasteiger partial charge in [-0.25, -0.2) is 4.79 Å². The monoisotopic (exact) mass is 460 g/mol. The van der Waals surface area contributed by atoms with Gasteiger partial charge in [-0.15, -0.1) is 0 Å². The van der Waals surface area contributed by atoms with Crippen molar-refractivity contribution in [1.29, 1.82) is 0 Å². The van der Waals surface area contributed by atoms with Crippen LogP contribution in [-0.4, -0.2) is 71.3 Å². The van der Waals surface area contributed by atoms with E-state index in [-0.39, 0.29) is 30.1 Å². The van der Waals surface area contributed by atoms with Crippen LogP contribution in [0.1, 0.15) is 27.0 Å². The number of benzene rings is 1. The quantitative estimate of drug-likeness (QED) is 0.251. The number of carbonyl (C=O) groups excluding carboxylic acids is 1. The summed E-state index contributed by atoms with van der Waals surface area (Å²) in [5.41, 5.74) is -6.14. The summed E-state index contributed by atoms with van der Waals surface area (Å²) in [4.78, 5) is 12.5. The molecule has 30 heavy (non-hydrogen) atoms. The lowest BCUT2D eigenvalue weighted by Gasteiger charge is -2.35. The van der Waals surface area contributed by atoms with Gasteiger partial charge >= 0.3 is 23.9 Å². The molecule has 16 heteroatoms. The second-order valence-electron chi connectivity index (χ2n) is 6.40. The summed E-state index contributed by atoms with van der Waals surface area (Å²) >= 11 is 0. The van der Waals surface area contributed by atoms with E-state index in [1.165, 1.54) is 21.8 Å². The number of carbonyl (C=O) groups is 1. The van der Waals surface area contributed by atoms with Crippen molar-refractivity contribution in [3.8, 4) is 5.75 Å². The number of hydrogen-bond acceptors (Lipinski definition) is 5. The maximum absolute atomic E-state index is 13.4. The molecule has 0 aliphatic carbocycles. The van der Waals surface area contributed by atoms with Crippen molar-refractivity contribution in [3.63, 3.8) is 0 Å². The van der Waals surface area contributed by atoms with Gasteiger partial charge in [0.2, 0.25) is 0 Å². The molecule has 0 saturated heterocycles. The van der Waals surface area contributed by atoms with Gasteiger partial charge in [0.1, 0.15) is 35.0 Å². The van der Waals surface area contributed by atoms with E-state index < -0.39 is 51.1 Å². The average molecular weight is 460 g/mol. The summed E-state index contributed by atoms with van der Waals surface area (Å²) in [6, 6.07) is 1.25. The average Bonchev–Trinajstić information content (AvgIpc) is 2.57. The summed E-state index contributed by atoms with van der Waals surface area (Å²) in [6.45, 7) is 0. The topological polar surface area (TPSA) is 101 Å². The third-order valence-corrected chi connectivity index (χ3v) is 5.22. The minimum atomic E-state index is -6.43. The number of halogens is 6. The second-order valence-corrected chi connectivity index (χ2v) is 7.85. The number of alkyl halides is 6. The van der Waals surface area contributed by atoms with Crippen molar-refractivity contribution in [3.05, 3.63) is 28.3 Å². The Bertz CT molecular complexity index is 902. The van der Waals surface area contributed by atoms with E-state index in [2.05, 4.69) is 4.74 Å². The summed E-state index contributed by atoms with van der Waals surface area (Å²) in [6.07, 6.45) is -12.7. The highest BCUT2D eigenvalue weighted by Gasteiger charge is 2.76. The van der Waals surface area contributed by atoms with Gasteiger partial charge in [-0.3, -0.25) is 4.55 Å². The predicted octanol–water partition coefficient (Wildman–Crippen LogP) is -0.300. The van der Waals surface area contributed by atoms with Crippen molar-refractivity contribution in [2.75, 3.05) is 5.75 Å². The van der Waals surface area contributed by atoms with Gasteiger partial charge in [-0.1, -0.05) is 25.0 Å². The lowest BCUT2D eigenvalue weighted by molar-refractivity contribution is -0.356. The molecule has 166 valence electrons. The highest BCUT2D eigenvalue weighted by molar-refractivity contribution is 7.85. The Hall–Kier alpha value is -1.83. The molecule has 0 fully saturated rings. The SMILES string of the molecule is BCc1cc(CB)c(C(=O)OC(CS(=O)(=O)O)(C(F)(F)F)C(F)(F)F)c(CB)c1O. The van der Waals surface area contributed by atoms with Crippen LogP contribution in [0.15, 0.2) is 6.07 Å². The molecule has 1 aromatic rings. The third-order valence-electron chi connectivity index (χ3n) is 4.45. The van der Waals surface area contributed by atoms with Crippen LogP contribution in [0.25, 0.3) is 0 Å². The predicted molar refractivity (Wildman–Crippen MR) is 102 cm³/mol. The summed E-state index contributed by atoms with van der Waals surface area (Å²) in [5.74, 6) is -5.58. The molecule has 0 aromatic heterocycles. The molecule has 0 amide bonds. The fraction of sp³-hybridized carbons (Fsp3) is 0.500. The zero-order valence-corrected chi connectivity index (χ0v) is 16.9. The van der Waals surface area contributed by atoms with Gasteiger partial charge < -0.3 is 9.84 Å². The third kappa shape index (κ3) is 5.07. The van der Waals surface area contributed by atoms with E-state index in [4.69, 9.17) is 4.55 Å². The van der Waals surface area contributed by atoms with Crippen molar-refractivity contribution in [2.24, 2.45) is 0 Å². The Kier molecular flexibility index (Phi) is 7.63. The van der Waals surface area contributed by atoms with E-state index >= 15 is 0 Å². The minimum absolute atomic E-state index is 0.00591. The molecule has 0 spiro atoms. The molecule has 0 atom stereocenters. The van der Waals surface area contributed by atoms with Gasteiger partial charge in [0.05, 0.1) is 5.56 Å². The largest absolute Gasteiger partial charge is 0.507 e. The number of phenolic OH excluding ortho intramolecular Hbond substituents is 1. The number of aromatic hydroxyl groups is 1. The maximum Gasteiger partial charge on any atom is 0.438 e. The van der Waals surface area contributed by atoms with E-state index in [0.717, 1.165) is 0 Å². The maximum atomic E-state index is 13.4. The fourth-order valence-corrected chi connectivity index (χ4v) is 3.84. The molecular weight excluding hydrogens is 443 g/mol. The molecule has 0 radical (unpaired) electrons. The molecule has 1 rings (SSSR count). The van der Waals surface area contributed by atoms with Crippen molar-refractivity contribution >= 4 is 39.6 Å². The Morgan fingerprint density at radius 1 is 0.967 bits per heavy atom. The van der Waals surface area contributed by atoms with Gasteiger partial charge in [0.25, 0.3) is 10.1 Å². The van der Waals surface area contributed by atoms with E-state index in [1.54, 1.807) is 7.85 Å². The number of hydrogen-bond donors (Lipinski definition) is 2. The molecule has 0 unspecified atom stereocenters. The molecule has 0 aliphatic rings. The number of phenols is 1. The molecule has 0 heterocycles. The summed E-state index contributed by atoms with van der Waals surface area (Å²) in [5, 5.41) is 10.3. The van der Waals surface area contributed by atoms with E-state index in [1.807, 2.05) is 0 Å². The van der Waals surface area contributed by atoms with Crippen LogP contribution in [0, 0.1) is 0 Å². The molecule has 1 aromatic carbocycles. The molecule has 2 N–H and O–H groups in total. The highest BCUT2D eigenvalue weighted by atomic mass is 32.2. The fourth-order valence-electron chi connectivity index (χ4n) is 2.94. The van der Waals surface area contributed by atoms with Crippen LogP contribution in [0.3, 0.4) is 0 Å². The molecular formula is C14H17B3F6O6S. The van der Waals surface area contributed by atoms with Gasteiger partial charge in [0, 0.05) is 5.56 Å². The van der Waals surface area contributed by atoms with Crippen LogP contribution >= 0.6 is 0 Å². The number of ether oxygens (including phenoxy) is 1. The lowest BCUT2D eigenvalue weighted by Crippen LogP contribution is -2.63. The zero-order valence-electron chi connectivity index (χ0n) is 16.1. The summed E-state index contributed by atoms with van der Waals surface area (Å²) in [7, 11) is -1.38. The van der Waals surface area contributed by atoms with Crippen LogP contribution in [-0.2, 0) is 33.8 Å². The minimum Gasteiger partial charge on any atom is -0.507 e. The second kappa shape index (κ2) is 8.73. The van der Waals surface area contributed by atoms with E-state index in [9.17, 15) is 44.7 Å². The Balaban J connectivity index is 3.79. The first-order valence-corrected chi connectivity index (χ1v) is 10.2. The summed E-state index contributed by atoms with van der Waals surface area (Å²) < 4.78 is 115. The first-order valence-electron chi connectivity index (χ1n) is 8.64. The molecule has 0 saturated carbocycles. The van der Waals surface area contributed by atoms with Gasteiger partial charge in [0.15, 0.2) is 0 Å². The van der Waals surface area contributed by atoms with Crippen LogP contribution in [0.2, 0.25) is 0 Å². The van der Waals surface area contributed by atoms with Crippen LogP contribution in [0.4, 0.5) is 26.3 Å². The number of esters is 1. The van der Waals surface area contributed by atoms with Gasteiger partial charge in [-0.2, -0.15) is 34.8 Å². The molecule has 0 bridgehead atoms. The smallest absolute Gasteiger partial charge is 0.438 e. The Morgan fingerprint density at radius 3 is 1.77 bits per heavy atom. The highest BCUT2D eigenvalue weighted by Crippen LogP contribution is 2.47. The first-order chi connectivity index (χ1) is 13.5. The molecule has 0 aliphatic heterocycles. The number of rotatable bonds is 7. The Morgan fingerprint density at radius 2 is 1.43 bits per heavy atom. The normalized spacial score (nSPS) is 13.3. The van der Waals surface area contributed by atoms with Crippen molar-refractivity contribution < 1.29 is 54.0 Å². The van der Waals surface area contributed by atoms with Crippen LogP contribution in [0.5, 0.6) is 5.75 Å². The van der Waals surface area contributed by atoms with Crippen molar-refractivity contribution in [2.45, 2.75) is 36.9 Å². The Labute approximate surface area is 170 Å². The van der Waals surface area contributed by atoms with Crippen LogP contribution < -0.4 is 0 Å². The zero-order chi connectivity index (χ0) is 23.7. The van der Waals surface area contributed by atoms with E-state index in [0.29, 0.717) is 5.56 Å². The standard InChI is InChI=1S/C14H17B3F6O6S/c15-2-6-1-7(3-16)10(24)8(4-17)9(6)11(25)29-12(13(18,19)20,14(21,22)23)5-30(26,27)28/h1,24H,2-5,15-17H2,(H,26,27,28). The van der Waals surface area contributed by atoms with Gasteiger partial charge in [-0.05, 0) is 11.1 Å². The first kappa shape index (κ1) is 26.2. The lowest BCUT2D eigenvalue weighted by atomic mass is 9.81.